The predicted octanol–water partition coefficient (Wildman–Crippen LogP) is 15.0. The summed E-state index contributed by atoms with van der Waals surface area (Å²) in [4.78, 5) is 15.9. The molecule has 0 N–H and O–H groups in total. The lowest BCUT2D eigenvalue weighted by atomic mass is 9.81. The molecule has 0 bridgehead atoms. The Balaban J connectivity index is 1.02. The van der Waals surface area contributed by atoms with E-state index >= 15 is 0 Å². The molecule has 13 rings (SSSR count). The summed E-state index contributed by atoms with van der Waals surface area (Å²) in [6, 6.07) is 57.7. The Morgan fingerprint density at radius 1 is 0.383 bits per heavy atom. The molecule has 1 aliphatic rings. The van der Waals surface area contributed by atoms with Crippen LogP contribution in [0.15, 0.2) is 173 Å². The minimum atomic E-state index is -0.0930. The van der Waals surface area contributed by atoms with E-state index in [2.05, 4.69) is 135 Å². The molecule has 4 heterocycles. The van der Waals surface area contributed by atoms with Crippen LogP contribution in [-0.4, -0.2) is 15.0 Å². The fourth-order valence-corrected chi connectivity index (χ4v) is 10.8. The Hall–Kier alpha value is -7.41. The van der Waals surface area contributed by atoms with Gasteiger partial charge in [-0.25, -0.2) is 15.0 Å². The van der Waals surface area contributed by atoms with Crippen molar-refractivity contribution in [2.24, 2.45) is 0 Å². The Bertz CT molecular complexity index is 3770. The van der Waals surface area contributed by atoms with Crippen LogP contribution in [-0.2, 0) is 5.41 Å². The van der Waals surface area contributed by atoms with Crippen LogP contribution >= 0.6 is 11.3 Å². The highest BCUT2D eigenvalue weighted by molar-refractivity contribution is 7.25. The lowest BCUT2D eigenvalue weighted by molar-refractivity contribution is 0.660. The van der Waals surface area contributed by atoms with Gasteiger partial charge in [-0.3, -0.25) is 0 Å². The minimum Gasteiger partial charge on any atom is -0.456 e. The largest absolute Gasteiger partial charge is 0.456 e. The monoisotopic (exact) mass is 787 g/mol. The van der Waals surface area contributed by atoms with E-state index in [4.69, 9.17) is 23.8 Å². The third kappa shape index (κ3) is 4.82. The second kappa shape index (κ2) is 12.3. The van der Waals surface area contributed by atoms with Gasteiger partial charge in [-0.15, -0.1) is 11.3 Å². The van der Waals surface area contributed by atoms with Gasteiger partial charge in [0.25, 0.3) is 0 Å². The topological polar surface area (TPSA) is 65.0 Å². The molecule has 0 radical (unpaired) electrons. The van der Waals surface area contributed by atoms with Crippen LogP contribution in [0.1, 0.15) is 25.0 Å². The van der Waals surface area contributed by atoms with E-state index < -0.39 is 0 Å². The van der Waals surface area contributed by atoms with Gasteiger partial charge >= 0.3 is 0 Å². The fourth-order valence-electron chi connectivity index (χ4n) is 9.65. The molecule has 0 aliphatic heterocycles. The number of hydrogen-bond acceptors (Lipinski definition) is 6. The van der Waals surface area contributed by atoms with Gasteiger partial charge in [0.15, 0.2) is 17.5 Å². The van der Waals surface area contributed by atoms with E-state index in [-0.39, 0.29) is 5.41 Å². The molecule has 8 aromatic carbocycles. The molecular weight excluding hydrogens is 755 g/mol. The zero-order valence-corrected chi connectivity index (χ0v) is 33.5. The predicted molar refractivity (Wildman–Crippen MR) is 247 cm³/mol. The Morgan fingerprint density at radius 3 is 1.77 bits per heavy atom. The maximum Gasteiger partial charge on any atom is 0.164 e. The average molecular weight is 788 g/mol. The molecule has 5 nitrogen and oxygen atoms in total. The fraction of sp³-hybridized carbons (Fsp3) is 0.0556. The van der Waals surface area contributed by atoms with Gasteiger partial charge in [-0.2, -0.15) is 0 Å². The maximum absolute atomic E-state index is 6.57. The first-order chi connectivity index (χ1) is 29.5. The molecule has 0 spiro atoms. The summed E-state index contributed by atoms with van der Waals surface area (Å²) < 4.78 is 15.4. The number of aromatic nitrogens is 3. The lowest BCUT2D eigenvalue weighted by Gasteiger charge is -2.22. The van der Waals surface area contributed by atoms with Gasteiger partial charge in [-0.1, -0.05) is 129 Å². The van der Waals surface area contributed by atoms with E-state index in [9.17, 15) is 0 Å². The molecule has 0 saturated carbocycles. The highest BCUT2D eigenvalue weighted by Crippen LogP contribution is 2.50. The van der Waals surface area contributed by atoms with Crippen molar-refractivity contribution in [3.05, 3.63) is 175 Å². The van der Waals surface area contributed by atoms with E-state index in [0.717, 1.165) is 66.1 Å². The van der Waals surface area contributed by atoms with Gasteiger partial charge in [0.1, 0.15) is 22.3 Å². The summed E-state index contributed by atoms with van der Waals surface area (Å²) >= 11 is 1.79. The molecule has 0 saturated heterocycles. The number of nitrogens with zero attached hydrogens (tertiary/aromatic N) is 3. The number of hydrogen-bond donors (Lipinski definition) is 0. The highest BCUT2D eigenvalue weighted by atomic mass is 32.1. The maximum atomic E-state index is 6.57. The van der Waals surface area contributed by atoms with Crippen molar-refractivity contribution >= 4 is 75.4 Å². The second-order valence-corrected chi connectivity index (χ2v) is 17.4. The molecule has 282 valence electrons. The number of benzene rings is 8. The summed E-state index contributed by atoms with van der Waals surface area (Å²) in [6.07, 6.45) is 0. The van der Waals surface area contributed by atoms with E-state index in [1.807, 2.05) is 42.5 Å². The lowest BCUT2D eigenvalue weighted by Crippen LogP contribution is -2.14. The quantitative estimate of drug-likeness (QED) is 0.178. The van der Waals surface area contributed by atoms with Crippen molar-refractivity contribution in [2.75, 3.05) is 0 Å². The van der Waals surface area contributed by atoms with Crippen LogP contribution in [0.3, 0.4) is 0 Å². The smallest absolute Gasteiger partial charge is 0.164 e. The van der Waals surface area contributed by atoms with E-state index in [1.165, 1.54) is 48.0 Å². The molecule has 0 amide bonds. The molecule has 0 fully saturated rings. The Morgan fingerprint density at radius 2 is 0.950 bits per heavy atom. The van der Waals surface area contributed by atoms with Crippen LogP contribution in [0.2, 0.25) is 0 Å². The Kier molecular flexibility index (Phi) is 6.88. The van der Waals surface area contributed by atoms with Crippen molar-refractivity contribution in [1.29, 1.82) is 0 Å². The minimum absolute atomic E-state index is 0.0930. The second-order valence-electron chi connectivity index (χ2n) is 16.3. The molecular formula is C54H33N3O2S. The molecule has 4 aromatic heterocycles. The highest BCUT2D eigenvalue weighted by Gasteiger charge is 2.35. The summed E-state index contributed by atoms with van der Waals surface area (Å²) in [7, 11) is 0. The summed E-state index contributed by atoms with van der Waals surface area (Å²) in [5, 5.41) is 6.47. The molecule has 60 heavy (non-hydrogen) atoms. The van der Waals surface area contributed by atoms with Crippen LogP contribution in [0.5, 0.6) is 0 Å². The molecule has 12 aromatic rings. The van der Waals surface area contributed by atoms with Crippen molar-refractivity contribution in [3.8, 4) is 56.4 Å². The van der Waals surface area contributed by atoms with Crippen molar-refractivity contribution in [2.45, 2.75) is 19.3 Å². The Labute approximate surface area is 348 Å². The summed E-state index contributed by atoms with van der Waals surface area (Å²) in [5.74, 6) is 1.76. The van der Waals surface area contributed by atoms with Gasteiger partial charge in [0, 0.05) is 63.8 Å². The first-order valence-electron chi connectivity index (χ1n) is 20.3. The standard InChI is InChI=1S/C54H33N3O2S/c1-54(2)41-16-6-3-11-33(41)34-24-21-31(28-42(34)54)30-23-26-44-40(27-30)50-39(15-10-19-46(50)59-44)53-56-51(32-22-25-36-35-12-5-8-20-47(35)60-48(36)29-32)55-52(57-53)38-14-9-18-45-49(38)37-13-4-7-17-43(37)58-45/h3-29H,1-2H3. The SMILES string of the molecule is CC1(C)c2ccccc2-c2ccc(-c3ccc4oc5cccc(-c6nc(-c7ccc8c(c7)sc7ccccc78)nc(-c7cccc8oc9ccccc9c78)n6)c5c4c3)cc21. The third-order valence-electron chi connectivity index (χ3n) is 12.6. The average Bonchev–Trinajstić information content (AvgIpc) is 4.03. The van der Waals surface area contributed by atoms with Crippen LogP contribution in [0, 0.1) is 0 Å². The number of fused-ring (bicyclic) bond motifs is 12. The molecule has 1 aliphatic carbocycles. The van der Waals surface area contributed by atoms with Gasteiger partial charge in [0.2, 0.25) is 0 Å². The van der Waals surface area contributed by atoms with Crippen LogP contribution < -0.4 is 0 Å². The van der Waals surface area contributed by atoms with Crippen molar-refractivity contribution in [3.63, 3.8) is 0 Å². The van der Waals surface area contributed by atoms with E-state index in [1.54, 1.807) is 11.3 Å². The molecule has 0 unspecified atom stereocenters. The summed E-state index contributed by atoms with van der Waals surface area (Å²) in [6.45, 7) is 4.65. The van der Waals surface area contributed by atoms with Gasteiger partial charge < -0.3 is 8.83 Å². The first-order valence-corrected chi connectivity index (χ1v) is 21.1. The molecule has 0 atom stereocenters. The summed E-state index contributed by atoms with van der Waals surface area (Å²) in [5.41, 5.74) is 13.5. The van der Waals surface area contributed by atoms with E-state index in [0.29, 0.717) is 17.5 Å². The van der Waals surface area contributed by atoms with Gasteiger partial charge in [0.05, 0.1) is 0 Å². The number of thiophene rings is 1. The van der Waals surface area contributed by atoms with Crippen LogP contribution in [0.4, 0.5) is 0 Å². The normalized spacial score (nSPS) is 13.3. The van der Waals surface area contributed by atoms with Crippen molar-refractivity contribution in [1.82, 2.24) is 15.0 Å². The number of furan rings is 2. The molecule has 6 heteroatoms. The number of rotatable bonds is 4. The van der Waals surface area contributed by atoms with Gasteiger partial charge in [-0.05, 0) is 81.9 Å². The van der Waals surface area contributed by atoms with Crippen LogP contribution in [0.25, 0.3) is 120 Å². The number of para-hydroxylation sites is 1. The zero-order chi connectivity index (χ0) is 39.7. The first kappa shape index (κ1) is 33.6. The third-order valence-corrected chi connectivity index (χ3v) is 13.7. The zero-order valence-electron chi connectivity index (χ0n) is 32.7. The van der Waals surface area contributed by atoms with Crippen molar-refractivity contribution < 1.29 is 8.83 Å².